The summed E-state index contributed by atoms with van der Waals surface area (Å²) in [5, 5.41) is 0. The maximum atomic E-state index is 13.7. The van der Waals surface area contributed by atoms with Crippen molar-refractivity contribution in [2.75, 3.05) is 13.1 Å². The van der Waals surface area contributed by atoms with Crippen molar-refractivity contribution >= 4 is 16.7 Å². The summed E-state index contributed by atoms with van der Waals surface area (Å²) in [5.41, 5.74) is 11.9. The number of nitrogens with two attached hydrogens (primary N) is 1. The zero-order valence-corrected chi connectivity index (χ0v) is 25.2. The topological polar surface area (TPSA) is 62.9 Å². The van der Waals surface area contributed by atoms with Crippen LogP contribution in [0.4, 0.5) is 13.2 Å². The summed E-state index contributed by atoms with van der Waals surface area (Å²) < 4.78 is 43.2. The first-order valence-electron chi connectivity index (χ1n) is 15.1. The molecular weight excluding hydrogens is 523 g/mol. The number of rotatable bonds is 9. The zero-order valence-electron chi connectivity index (χ0n) is 25.2. The maximum absolute atomic E-state index is 13.7. The fourth-order valence-electron chi connectivity index (χ4n) is 7.14. The first-order chi connectivity index (χ1) is 19.2. The number of nitrogens with zero attached hydrogens (tertiary/aromatic N) is 3. The Morgan fingerprint density at radius 1 is 1.15 bits per heavy atom. The van der Waals surface area contributed by atoms with Crippen molar-refractivity contribution in [3.8, 4) is 0 Å². The number of aromatic nitrogens is 3. The van der Waals surface area contributed by atoms with E-state index in [1.54, 1.807) is 4.90 Å². The number of nitrogens with one attached hydrogen (secondary N) is 1. The van der Waals surface area contributed by atoms with Gasteiger partial charge in [-0.15, -0.1) is 0 Å². The summed E-state index contributed by atoms with van der Waals surface area (Å²) in [6, 6.07) is 8.67. The number of aromatic amines is 1. The Morgan fingerprint density at radius 2 is 1.88 bits per heavy atom. The maximum Gasteiger partial charge on any atom is 0.401 e. The number of fused-ring (bicyclic) bond motifs is 1. The molecule has 2 aliphatic rings. The Labute approximate surface area is 242 Å². The molecule has 0 amide bonds. The third kappa shape index (κ3) is 6.68. The van der Waals surface area contributed by atoms with Gasteiger partial charge in [0.2, 0.25) is 0 Å². The van der Waals surface area contributed by atoms with Gasteiger partial charge in [-0.1, -0.05) is 40.3 Å². The SMILES string of the molecule is C=C(N)c1ccn([C@@H]2C[C@H](CN(CC(F)(F)F)C3CC(CCc4nc5ccc(C(C)(C)C)cc5[nH]4)C3)[C@@H](C)C2)c1C. The van der Waals surface area contributed by atoms with E-state index >= 15 is 0 Å². The summed E-state index contributed by atoms with van der Waals surface area (Å²) in [7, 11) is 0. The Hall–Kier alpha value is -2.74. The Balaban J connectivity index is 1.17. The van der Waals surface area contributed by atoms with Crippen LogP contribution in [0, 0.1) is 24.7 Å². The van der Waals surface area contributed by atoms with Gasteiger partial charge >= 0.3 is 6.18 Å². The van der Waals surface area contributed by atoms with Crippen molar-refractivity contribution in [3.05, 3.63) is 59.7 Å². The van der Waals surface area contributed by atoms with Gasteiger partial charge in [-0.3, -0.25) is 4.90 Å². The lowest BCUT2D eigenvalue weighted by atomic mass is 9.76. The largest absolute Gasteiger partial charge is 0.401 e. The molecule has 2 saturated carbocycles. The molecule has 3 aromatic rings. The normalized spacial score (nSPS) is 25.2. The molecule has 2 aliphatic carbocycles. The fourth-order valence-corrected chi connectivity index (χ4v) is 7.14. The van der Waals surface area contributed by atoms with Crippen LogP contribution in [-0.2, 0) is 11.8 Å². The number of H-pyrrole nitrogens is 1. The molecule has 0 unspecified atom stereocenters. The first kappa shape index (κ1) is 29.7. The highest BCUT2D eigenvalue weighted by atomic mass is 19.4. The molecule has 0 saturated heterocycles. The molecule has 2 fully saturated rings. The van der Waals surface area contributed by atoms with E-state index in [9.17, 15) is 13.2 Å². The average molecular weight is 570 g/mol. The van der Waals surface area contributed by atoms with Crippen LogP contribution in [-0.4, -0.2) is 44.7 Å². The van der Waals surface area contributed by atoms with Crippen LogP contribution in [0.2, 0.25) is 0 Å². The predicted molar refractivity (Wildman–Crippen MR) is 161 cm³/mol. The van der Waals surface area contributed by atoms with Gasteiger partial charge in [-0.05, 0) is 86.0 Å². The van der Waals surface area contributed by atoms with Gasteiger partial charge in [-0.2, -0.15) is 13.2 Å². The minimum atomic E-state index is -4.19. The molecule has 224 valence electrons. The lowest BCUT2D eigenvalue weighted by Crippen LogP contribution is -2.50. The van der Waals surface area contributed by atoms with Gasteiger partial charge < -0.3 is 15.3 Å². The van der Waals surface area contributed by atoms with Crippen molar-refractivity contribution in [3.63, 3.8) is 0 Å². The molecule has 8 heteroatoms. The fraction of sp³-hybridized carbons (Fsp3) is 0.606. The molecule has 5 rings (SSSR count). The minimum Gasteiger partial charge on any atom is -0.399 e. The lowest BCUT2D eigenvalue weighted by molar-refractivity contribution is -0.158. The number of hydrogen-bond acceptors (Lipinski definition) is 3. The van der Waals surface area contributed by atoms with E-state index < -0.39 is 12.7 Å². The minimum absolute atomic E-state index is 0.00151. The molecule has 3 atom stereocenters. The lowest BCUT2D eigenvalue weighted by Gasteiger charge is -2.44. The molecule has 3 N–H and O–H groups in total. The van der Waals surface area contributed by atoms with Gasteiger partial charge in [0.25, 0.3) is 0 Å². The number of imidazole rings is 1. The van der Waals surface area contributed by atoms with E-state index in [-0.39, 0.29) is 23.4 Å². The standard InChI is InChI=1S/C33H46F3N5/c1-20-13-27(41-12-11-28(21(2)37)22(41)3)16-24(20)18-40(19-33(34,35)36)26-14-23(15-26)7-10-31-38-29-9-8-25(32(4,5)6)17-30(29)39-31/h8-9,11-12,17,20,23-24,26-27H,2,7,10,13-16,18-19,37H2,1,3-6H3,(H,38,39)/t20-,23?,24+,26?,27-/m0/s1. The Bertz CT molecular complexity index is 1370. The van der Waals surface area contributed by atoms with Crippen LogP contribution in [0.5, 0.6) is 0 Å². The number of benzene rings is 1. The molecule has 0 radical (unpaired) electrons. The predicted octanol–water partition coefficient (Wildman–Crippen LogP) is 7.76. The van der Waals surface area contributed by atoms with Crippen LogP contribution >= 0.6 is 0 Å². The van der Waals surface area contributed by atoms with Crippen molar-refractivity contribution in [1.82, 2.24) is 19.4 Å². The molecule has 41 heavy (non-hydrogen) atoms. The molecule has 0 bridgehead atoms. The molecule has 1 aromatic carbocycles. The molecule has 0 aliphatic heterocycles. The highest BCUT2D eigenvalue weighted by Crippen LogP contribution is 2.43. The average Bonchev–Trinajstić information content (AvgIpc) is 3.52. The van der Waals surface area contributed by atoms with E-state index in [0.717, 1.165) is 66.6 Å². The van der Waals surface area contributed by atoms with Crippen molar-refractivity contribution < 1.29 is 13.2 Å². The third-order valence-corrected chi connectivity index (χ3v) is 9.71. The quantitative estimate of drug-likeness (QED) is 0.277. The second-order valence-corrected chi connectivity index (χ2v) is 13.8. The van der Waals surface area contributed by atoms with Gasteiger partial charge in [0.15, 0.2) is 0 Å². The van der Waals surface area contributed by atoms with Gasteiger partial charge in [0.1, 0.15) is 5.82 Å². The van der Waals surface area contributed by atoms with Crippen molar-refractivity contribution in [2.45, 2.75) is 96.8 Å². The van der Waals surface area contributed by atoms with Crippen LogP contribution in [0.15, 0.2) is 37.0 Å². The molecule has 2 heterocycles. The second kappa shape index (κ2) is 11.2. The van der Waals surface area contributed by atoms with E-state index in [2.05, 4.69) is 68.2 Å². The van der Waals surface area contributed by atoms with Crippen molar-refractivity contribution in [2.24, 2.45) is 23.5 Å². The summed E-state index contributed by atoms with van der Waals surface area (Å²) in [6.45, 7) is 14.4. The summed E-state index contributed by atoms with van der Waals surface area (Å²) >= 11 is 0. The molecule has 5 nitrogen and oxygen atoms in total. The number of hydrogen-bond donors (Lipinski definition) is 2. The zero-order chi connectivity index (χ0) is 29.7. The molecular formula is C33H46F3N5. The molecule has 0 spiro atoms. The number of alkyl halides is 3. The monoisotopic (exact) mass is 569 g/mol. The van der Waals surface area contributed by atoms with Crippen LogP contribution < -0.4 is 5.73 Å². The van der Waals surface area contributed by atoms with Crippen LogP contribution in [0.3, 0.4) is 0 Å². The second-order valence-electron chi connectivity index (χ2n) is 13.8. The van der Waals surface area contributed by atoms with Gasteiger partial charge in [0.05, 0.1) is 17.6 Å². The van der Waals surface area contributed by atoms with Crippen LogP contribution in [0.1, 0.15) is 88.5 Å². The highest BCUT2D eigenvalue weighted by Gasteiger charge is 2.42. The Kier molecular flexibility index (Phi) is 8.09. The number of halogens is 3. The number of aryl methyl sites for hydroxylation is 1. The smallest absolute Gasteiger partial charge is 0.399 e. The van der Waals surface area contributed by atoms with E-state index in [4.69, 9.17) is 10.7 Å². The third-order valence-electron chi connectivity index (χ3n) is 9.71. The van der Waals surface area contributed by atoms with E-state index in [0.29, 0.717) is 24.1 Å². The van der Waals surface area contributed by atoms with Gasteiger partial charge in [0, 0.05) is 48.2 Å². The Morgan fingerprint density at radius 3 is 2.51 bits per heavy atom. The molecule has 2 aromatic heterocycles. The summed E-state index contributed by atoms with van der Waals surface area (Å²) in [6.07, 6.45) is 3.15. The summed E-state index contributed by atoms with van der Waals surface area (Å²) in [5.74, 6) is 2.01. The van der Waals surface area contributed by atoms with E-state index in [1.807, 2.05) is 13.0 Å². The van der Waals surface area contributed by atoms with Gasteiger partial charge in [-0.25, -0.2) is 4.98 Å². The van der Waals surface area contributed by atoms with E-state index in [1.165, 1.54) is 5.56 Å². The first-order valence-corrected chi connectivity index (χ1v) is 15.1. The van der Waals surface area contributed by atoms with Crippen LogP contribution in [0.25, 0.3) is 16.7 Å². The highest BCUT2D eigenvalue weighted by molar-refractivity contribution is 5.76. The van der Waals surface area contributed by atoms with Crippen molar-refractivity contribution in [1.29, 1.82) is 0 Å². The summed E-state index contributed by atoms with van der Waals surface area (Å²) in [4.78, 5) is 9.98.